The summed E-state index contributed by atoms with van der Waals surface area (Å²) < 4.78 is 2.06. The summed E-state index contributed by atoms with van der Waals surface area (Å²) in [7, 11) is 0. The van der Waals surface area contributed by atoms with E-state index in [0.29, 0.717) is 18.0 Å². The molecule has 8 rings (SSSR count). The number of imide groups is 2. The normalized spacial score (nSPS) is 23.9. The van der Waals surface area contributed by atoms with Gasteiger partial charge in [-0.15, -0.1) is 0 Å². The minimum Gasteiger partial charge on any atom is -0.385 e. The highest BCUT2D eigenvalue weighted by molar-refractivity contribution is 6.23. The molecule has 5 heterocycles. The number of piperidine rings is 1. The zero-order valence-corrected chi connectivity index (χ0v) is 27.4. The zero-order chi connectivity index (χ0) is 33.6. The van der Waals surface area contributed by atoms with Crippen molar-refractivity contribution in [3.63, 3.8) is 0 Å². The van der Waals surface area contributed by atoms with Crippen molar-refractivity contribution in [3.8, 4) is 11.3 Å². The highest BCUT2D eigenvalue weighted by Gasteiger charge is 2.44. The zero-order valence-electron chi connectivity index (χ0n) is 27.4. The van der Waals surface area contributed by atoms with E-state index in [9.17, 15) is 19.2 Å². The third-order valence-electron chi connectivity index (χ3n) is 10.3. The number of carbonyl (C=O) groups excluding carboxylic acids is 4. The molecule has 2 saturated heterocycles. The average molecular weight is 662 g/mol. The third kappa shape index (κ3) is 6.03. The second-order valence-electron chi connectivity index (χ2n) is 13.7. The fraction of sp³-hybridized carbons (Fsp3) is 0.417. The van der Waals surface area contributed by atoms with Crippen molar-refractivity contribution in [3.05, 3.63) is 66.1 Å². The average Bonchev–Trinajstić information content (AvgIpc) is 3.66. The summed E-state index contributed by atoms with van der Waals surface area (Å²) in [5.41, 5.74) is 6.07. The first-order chi connectivity index (χ1) is 23.8. The van der Waals surface area contributed by atoms with E-state index in [-0.39, 0.29) is 29.9 Å². The Morgan fingerprint density at radius 2 is 1.84 bits per heavy atom. The number of nitrogens with zero attached hydrogens (tertiary/aromatic N) is 6. The van der Waals surface area contributed by atoms with E-state index in [2.05, 4.69) is 66.9 Å². The fourth-order valence-corrected chi connectivity index (χ4v) is 7.53. The largest absolute Gasteiger partial charge is 0.385 e. The molecule has 0 spiro atoms. The number of piperazine rings is 1. The van der Waals surface area contributed by atoms with Crippen LogP contribution >= 0.6 is 0 Å². The van der Waals surface area contributed by atoms with Crippen molar-refractivity contribution in [1.82, 2.24) is 35.3 Å². The number of amides is 4. The van der Waals surface area contributed by atoms with Crippen LogP contribution in [0.1, 0.15) is 72.2 Å². The van der Waals surface area contributed by atoms with Gasteiger partial charge in [0.2, 0.25) is 11.8 Å². The quantitative estimate of drug-likeness (QED) is 0.179. The Kier molecular flexibility index (Phi) is 8.06. The first-order valence-electron chi connectivity index (χ1n) is 17.2. The third-order valence-corrected chi connectivity index (χ3v) is 10.3. The lowest BCUT2D eigenvalue weighted by Gasteiger charge is -2.35. The molecule has 13 heteroatoms. The maximum Gasteiger partial charge on any atom is 0.262 e. The van der Waals surface area contributed by atoms with Crippen LogP contribution in [0.3, 0.4) is 0 Å². The Bertz CT molecular complexity index is 1970. The van der Waals surface area contributed by atoms with Gasteiger partial charge in [-0.25, -0.2) is 4.98 Å². The van der Waals surface area contributed by atoms with Gasteiger partial charge < -0.3 is 15.5 Å². The molecule has 1 aliphatic carbocycles. The lowest BCUT2D eigenvalue weighted by Crippen LogP contribution is -2.54. The van der Waals surface area contributed by atoms with Crippen LogP contribution < -0.4 is 20.9 Å². The molecule has 1 unspecified atom stereocenters. The highest BCUT2D eigenvalue weighted by Crippen LogP contribution is 2.40. The number of rotatable bonds is 9. The Morgan fingerprint density at radius 3 is 2.67 bits per heavy atom. The van der Waals surface area contributed by atoms with E-state index < -0.39 is 23.8 Å². The summed E-state index contributed by atoms with van der Waals surface area (Å²) in [6, 6.07) is 11.3. The molecule has 3 N–H and O–H groups in total. The molecule has 2 aromatic carbocycles. The Balaban J connectivity index is 0.819. The maximum atomic E-state index is 13.1. The van der Waals surface area contributed by atoms with Crippen LogP contribution in [-0.2, 0) is 9.59 Å². The van der Waals surface area contributed by atoms with Gasteiger partial charge in [0.15, 0.2) is 0 Å². The van der Waals surface area contributed by atoms with Crippen molar-refractivity contribution < 1.29 is 19.2 Å². The molecule has 4 amide bonds. The first kappa shape index (κ1) is 31.1. The van der Waals surface area contributed by atoms with Gasteiger partial charge >= 0.3 is 0 Å². The lowest BCUT2D eigenvalue weighted by molar-refractivity contribution is -0.136. The summed E-state index contributed by atoms with van der Waals surface area (Å²) >= 11 is 0. The van der Waals surface area contributed by atoms with Crippen molar-refractivity contribution in [2.45, 2.75) is 63.6 Å². The number of hydrogen-bond donors (Lipinski definition) is 3. The van der Waals surface area contributed by atoms with E-state index in [0.717, 1.165) is 84.7 Å². The highest BCUT2D eigenvalue weighted by atomic mass is 16.2. The topological polar surface area (TPSA) is 154 Å². The molecule has 4 aromatic rings. The number of anilines is 2. The lowest BCUT2D eigenvalue weighted by atomic mass is 9.77. The first-order valence-corrected chi connectivity index (χ1v) is 17.2. The second kappa shape index (κ2) is 12.7. The van der Waals surface area contributed by atoms with Gasteiger partial charge in [-0.1, -0.05) is 0 Å². The van der Waals surface area contributed by atoms with E-state index in [4.69, 9.17) is 4.98 Å². The van der Waals surface area contributed by atoms with Gasteiger partial charge in [-0.2, -0.15) is 5.10 Å². The minimum absolute atomic E-state index is 0.0970. The number of carbonyl (C=O) groups is 4. The monoisotopic (exact) mass is 661 g/mol. The van der Waals surface area contributed by atoms with Crippen LogP contribution in [-0.4, -0.2) is 86.5 Å². The fourth-order valence-electron chi connectivity index (χ4n) is 7.53. The second-order valence-corrected chi connectivity index (χ2v) is 13.7. The molecule has 4 aliphatic rings. The van der Waals surface area contributed by atoms with E-state index in [1.54, 1.807) is 18.2 Å². The molecule has 2 atom stereocenters. The van der Waals surface area contributed by atoms with Crippen molar-refractivity contribution in [2.24, 2.45) is 5.92 Å². The van der Waals surface area contributed by atoms with Crippen LogP contribution in [0, 0.1) is 5.92 Å². The molecule has 49 heavy (non-hydrogen) atoms. The summed E-state index contributed by atoms with van der Waals surface area (Å²) in [6.45, 7) is 5.87. The molecule has 0 bridgehead atoms. The number of hydrogen-bond acceptors (Lipinski definition) is 10. The molecule has 3 fully saturated rings. The predicted molar refractivity (Wildman–Crippen MR) is 183 cm³/mol. The number of fused-ring (bicyclic) bond motifs is 2. The van der Waals surface area contributed by atoms with Gasteiger partial charge in [0.25, 0.3) is 11.8 Å². The summed E-state index contributed by atoms with van der Waals surface area (Å²) in [4.78, 5) is 62.9. The van der Waals surface area contributed by atoms with Crippen LogP contribution in [0.15, 0.2) is 55.0 Å². The number of benzene rings is 2. The van der Waals surface area contributed by atoms with Gasteiger partial charge in [0.1, 0.15) is 6.04 Å². The van der Waals surface area contributed by atoms with Gasteiger partial charge in [-0.05, 0) is 81.3 Å². The minimum atomic E-state index is -0.964. The summed E-state index contributed by atoms with van der Waals surface area (Å²) in [5, 5.41) is 13.8. The van der Waals surface area contributed by atoms with Crippen molar-refractivity contribution in [2.75, 3.05) is 36.4 Å². The predicted octanol–water partition coefficient (Wildman–Crippen LogP) is 3.54. The van der Waals surface area contributed by atoms with Crippen LogP contribution in [0.5, 0.6) is 0 Å². The molecule has 1 saturated carbocycles. The Morgan fingerprint density at radius 1 is 0.980 bits per heavy atom. The Hall–Kier alpha value is -5.17. The smallest absolute Gasteiger partial charge is 0.262 e. The van der Waals surface area contributed by atoms with Gasteiger partial charge in [0.05, 0.1) is 46.3 Å². The molecule has 2 aromatic heterocycles. The molecule has 252 valence electrons. The molecular formula is C36H39N9O4. The summed E-state index contributed by atoms with van der Waals surface area (Å²) in [6.07, 6.45) is 10.2. The van der Waals surface area contributed by atoms with Gasteiger partial charge in [0, 0.05) is 61.8 Å². The summed E-state index contributed by atoms with van der Waals surface area (Å²) in [5.74, 6) is -1.37. The van der Waals surface area contributed by atoms with E-state index >= 15 is 0 Å². The van der Waals surface area contributed by atoms with Crippen molar-refractivity contribution >= 4 is 46.0 Å². The van der Waals surface area contributed by atoms with Crippen LogP contribution in [0.25, 0.3) is 22.3 Å². The molecule has 0 radical (unpaired) electrons. The number of nitrogens with one attached hydrogen (secondary N) is 3. The molecule has 3 aliphatic heterocycles. The SMILES string of the molecule is C[C@H]1CN(c2ccc3ncc(-c4cnn(C5CC(CCCNc6ccc7c(c6)C(=O)N(C6CCC(=O)NC6=O)C7=O)C5)c4)nc3c2)CCN1. The van der Waals surface area contributed by atoms with Crippen LogP contribution in [0.2, 0.25) is 0 Å². The number of aromatic nitrogens is 4. The van der Waals surface area contributed by atoms with E-state index in [1.807, 2.05) is 12.4 Å². The maximum absolute atomic E-state index is 13.1. The van der Waals surface area contributed by atoms with Crippen LogP contribution in [0.4, 0.5) is 11.4 Å². The Labute approximate surface area is 283 Å². The van der Waals surface area contributed by atoms with Crippen molar-refractivity contribution in [1.29, 1.82) is 0 Å². The molecule has 13 nitrogen and oxygen atoms in total. The van der Waals surface area contributed by atoms with Gasteiger partial charge in [-0.3, -0.25) is 39.1 Å². The molecular weight excluding hydrogens is 622 g/mol. The van der Waals surface area contributed by atoms with E-state index in [1.165, 1.54) is 5.69 Å². The standard InChI is InChI=1S/C36H39N9O4/c1-21-19-43(12-11-37-21)25-5-7-29-30(16-25)41-31(18-39-29)23-17-40-44(20-23)26-13-22(14-26)3-2-10-38-24-4-6-27-28(15-24)36(49)45(35(27)48)32-8-9-33(46)42-34(32)47/h4-7,15-18,20-22,26,32,37-38H,2-3,8-14,19H2,1H3,(H,42,46,47)/t21-,22?,26?,32?/m0/s1.